The maximum absolute atomic E-state index is 10.7. The number of ether oxygens (including phenoxy) is 1. The standard InChI is InChI=1S/C16H18O2/c1-12-4-6-13(7-5-12)16(2,17)14-8-10-15(18-3)11-9-14/h4-11,17H,1-3H3. The molecule has 18 heavy (non-hydrogen) atoms. The molecule has 0 aliphatic heterocycles. The van der Waals surface area contributed by atoms with Gasteiger partial charge in [0.05, 0.1) is 7.11 Å². The zero-order chi connectivity index (χ0) is 13.2. The lowest BCUT2D eigenvalue weighted by atomic mass is 9.88. The number of benzene rings is 2. The van der Waals surface area contributed by atoms with Gasteiger partial charge in [-0.15, -0.1) is 0 Å². The molecule has 2 rings (SSSR count). The Hall–Kier alpha value is -1.80. The number of aliphatic hydroxyl groups is 1. The molecule has 0 fully saturated rings. The summed E-state index contributed by atoms with van der Waals surface area (Å²) in [5.41, 5.74) is 1.94. The lowest BCUT2D eigenvalue weighted by Gasteiger charge is -2.24. The van der Waals surface area contributed by atoms with Gasteiger partial charge in [0.15, 0.2) is 0 Å². The van der Waals surface area contributed by atoms with Crippen molar-refractivity contribution in [1.29, 1.82) is 0 Å². The fourth-order valence-corrected chi connectivity index (χ4v) is 1.96. The number of rotatable bonds is 3. The topological polar surface area (TPSA) is 29.5 Å². The second kappa shape index (κ2) is 4.83. The van der Waals surface area contributed by atoms with Crippen molar-refractivity contribution < 1.29 is 9.84 Å². The predicted molar refractivity (Wildman–Crippen MR) is 72.8 cm³/mol. The zero-order valence-corrected chi connectivity index (χ0v) is 11.0. The second-order valence-electron chi connectivity index (χ2n) is 4.67. The van der Waals surface area contributed by atoms with Crippen LogP contribution < -0.4 is 4.74 Å². The van der Waals surface area contributed by atoms with Gasteiger partial charge >= 0.3 is 0 Å². The highest BCUT2D eigenvalue weighted by atomic mass is 16.5. The van der Waals surface area contributed by atoms with Gasteiger partial charge < -0.3 is 9.84 Å². The Kier molecular flexibility index (Phi) is 3.39. The first-order valence-electron chi connectivity index (χ1n) is 5.98. The molecule has 0 aliphatic rings. The molecule has 1 atom stereocenters. The molecule has 0 spiro atoms. The maximum atomic E-state index is 10.7. The van der Waals surface area contributed by atoms with Crippen LogP contribution in [0.1, 0.15) is 23.6 Å². The molecule has 0 bridgehead atoms. The lowest BCUT2D eigenvalue weighted by molar-refractivity contribution is 0.102. The maximum Gasteiger partial charge on any atom is 0.118 e. The molecule has 0 heterocycles. The monoisotopic (exact) mass is 242 g/mol. The van der Waals surface area contributed by atoms with E-state index in [0.29, 0.717) is 0 Å². The molecular weight excluding hydrogens is 224 g/mol. The Morgan fingerprint density at radius 2 is 1.33 bits per heavy atom. The highest BCUT2D eigenvalue weighted by Gasteiger charge is 2.25. The van der Waals surface area contributed by atoms with Crippen molar-refractivity contribution in [3.05, 3.63) is 65.2 Å². The van der Waals surface area contributed by atoms with Crippen LogP contribution in [0.3, 0.4) is 0 Å². The van der Waals surface area contributed by atoms with Gasteiger partial charge in [-0.2, -0.15) is 0 Å². The minimum Gasteiger partial charge on any atom is -0.497 e. The molecule has 2 nitrogen and oxygen atoms in total. The first-order valence-corrected chi connectivity index (χ1v) is 5.98. The molecule has 0 saturated heterocycles. The smallest absolute Gasteiger partial charge is 0.118 e. The third kappa shape index (κ3) is 2.39. The summed E-state index contributed by atoms with van der Waals surface area (Å²) < 4.78 is 5.12. The third-order valence-electron chi connectivity index (χ3n) is 3.27. The van der Waals surface area contributed by atoms with Gasteiger partial charge in [0.25, 0.3) is 0 Å². The van der Waals surface area contributed by atoms with Crippen LogP contribution in [0.25, 0.3) is 0 Å². The van der Waals surface area contributed by atoms with Gasteiger partial charge in [0.2, 0.25) is 0 Å². The number of aryl methyl sites for hydroxylation is 1. The van der Waals surface area contributed by atoms with Crippen molar-refractivity contribution >= 4 is 0 Å². The lowest BCUT2D eigenvalue weighted by Crippen LogP contribution is -2.22. The van der Waals surface area contributed by atoms with Crippen LogP contribution >= 0.6 is 0 Å². The quantitative estimate of drug-likeness (QED) is 0.895. The minimum atomic E-state index is -0.986. The van der Waals surface area contributed by atoms with Crippen molar-refractivity contribution in [3.63, 3.8) is 0 Å². The SMILES string of the molecule is COc1ccc(C(C)(O)c2ccc(C)cc2)cc1. The zero-order valence-electron chi connectivity index (χ0n) is 11.0. The summed E-state index contributed by atoms with van der Waals surface area (Å²) in [6, 6.07) is 15.4. The van der Waals surface area contributed by atoms with E-state index in [0.717, 1.165) is 16.9 Å². The number of methoxy groups -OCH3 is 1. The van der Waals surface area contributed by atoms with Gasteiger partial charge in [0.1, 0.15) is 11.4 Å². The van der Waals surface area contributed by atoms with E-state index < -0.39 is 5.60 Å². The van der Waals surface area contributed by atoms with Crippen LogP contribution in [0.2, 0.25) is 0 Å². The molecule has 2 heteroatoms. The largest absolute Gasteiger partial charge is 0.497 e. The van der Waals surface area contributed by atoms with E-state index in [-0.39, 0.29) is 0 Å². The van der Waals surface area contributed by atoms with E-state index in [2.05, 4.69) is 0 Å². The Bertz CT molecular complexity index is 510. The van der Waals surface area contributed by atoms with Gasteiger partial charge in [-0.1, -0.05) is 42.0 Å². The molecule has 2 aromatic rings. The summed E-state index contributed by atoms with van der Waals surface area (Å²) in [6.45, 7) is 3.84. The molecule has 2 aromatic carbocycles. The first-order chi connectivity index (χ1) is 8.54. The highest BCUT2D eigenvalue weighted by Crippen LogP contribution is 2.30. The van der Waals surface area contributed by atoms with Crippen molar-refractivity contribution in [2.75, 3.05) is 7.11 Å². The predicted octanol–water partition coefficient (Wildman–Crippen LogP) is 3.26. The molecule has 1 N–H and O–H groups in total. The average molecular weight is 242 g/mol. The fraction of sp³-hybridized carbons (Fsp3) is 0.250. The molecule has 94 valence electrons. The van der Waals surface area contributed by atoms with E-state index in [4.69, 9.17) is 4.74 Å². The number of hydrogen-bond acceptors (Lipinski definition) is 2. The minimum absolute atomic E-state index is 0.790. The molecule has 0 amide bonds. The van der Waals surface area contributed by atoms with Gasteiger partial charge in [-0.25, -0.2) is 0 Å². The molecule has 1 unspecified atom stereocenters. The Morgan fingerprint density at radius 3 is 1.78 bits per heavy atom. The summed E-state index contributed by atoms with van der Waals surface area (Å²) in [5.74, 6) is 0.790. The summed E-state index contributed by atoms with van der Waals surface area (Å²) in [5, 5.41) is 10.7. The summed E-state index contributed by atoms with van der Waals surface area (Å²) in [4.78, 5) is 0. The van der Waals surface area contributed by atoms with Crippen molar-refractivity contribution in [2.24, 2.45) is 0 Å². The van der Waals surface area contributed by atoms with Crippen LogP contribution in [-0.4, -0.2) is 12.2 Å². The van der Waals surface area contributed by atoms with Crippen molar-refractivity contribution in [1.82, 2.24) is 0 Å². The van der Waals surface area contributed by atoms with Gasteiger partial charge in [0, 0.05) is 0 Å². The molecule has 0 radical (unpaired) electrons. The highest BCUT2D eigenvalue weighted by molar-refractivity contribution is 5.38. The molecular formula is C16H18O2. The van der Waals surface area contributed by atoms with E-state index in [1.807, 2.05) is 55.5 Å². The summed E-state index contributed by atoms with van der Waals surface area (Å²) in [7, 11) is 1.63. The Balaban J connectivity index is 2.37. The number of hydrogen-bond donors (Lipinski definition) is 1. The van der Waals surface area contributed by atoms with Gasteiger partial charge in [-0.05, 0) is 37.1 Å². The van der Waals surface area contributed by atoms with E-state index >= 15 is 0 Å². The van der Waals surface area contributed by atoms with Crippen molar-refractivity contribution in [3.8, 4) is 5.75 Å². The fourth-order valence-electron chi connectivity index (χ4n) is 1.96. The second-order valence-corrected chi connectivity index (χ2v) is 4.67. The van der Waals surface area contributed by atoms with Crippen molar-refractivity contribution in [2.45, 2.75) is 19.4 Å². The van der Waals surface area contributed by atoms with Crippen LogP contribution in [0.15, 0.2) is 48.5 Å². The molecule has 0 aromatic heterocycles. The summed E-state index contributed by atoms with van der Waals surface area (Å²) >= 11 is 0. The normalized spacial score (nSPS) is 14.0. The Morgan fingerprint density at radius 1 is 0.889 bits per heavy atom. The van der Waals surface area contributed by atoms with Crippen LogP contribution in [0.5, 0.6) is 5.75 Å². The summed E-state index contributed by atoms with van der Waals surface area (Å²) in [6.07, 6.45) is 0. The van der Waals surface area contributed by atoms with Gasteiger partial charge in [-0.3, -0.25) is 0 Å². The van der Waals surface area contributed by atoms with E-state index in [1.165, 1.54) is 5.56 Å². The first kappa shape index (κ1) is 12.7. The van der Waals surface area contributed by atoms with E-state index in [1.54, 1.807) is 14.0 Å². The third-order valence-corrected chi connectivity index (χ3v) is 3.27. The van der Waals surface area contributed by atoms with Crippen LogP contribution in [-0.2, 0) is 5.60 Å². The average Bonchev–Trinajstić information content (AvgIpc) is 2.39. The molecule has 0 saturated carbocycles. The van der Waals surface area contributed by atoms with E-state index in [9.17, 15) is 5.11 Å². The molecule has 0 aliphatic carbocycles. The van der Waals surface area contributed by atoms with Crippen LogP contribution in [0.4, 0.5) is 0 Å². The Labute approximate surface area is 108 Å². The van der Waals surface area contributed by atoms with Crippen LogP contribution in [0, 0.1) is 6.92 Å².